The van der Waals surface area contributed by atoms with Crippen LogP contribution in [0.25, 0.3) is 0 Å². The van der Waals surface area contributed by atoms with Crippen LogP contribution in [0.4, 0.5) is 4.79 Å². The minimum Gasteiger partial charge on any atom is -0.355 e. The van der Waals surface area contributed by atoms with Crippen LogP contribution in [0.15, 0.2) is 35.2 Å². The highest BCUT2D eigenvalue weighted by atomic mass is 32.2. The van der Waals surface area contributed by atoms with Crippen LogP contribution in [0.2, 0.25) is 0 Å². The lowest BCUT2D eigenvalue weighted by atomic mass is 10.4. The summed E-state index contributed by atoms with van der Waals surface area (Å²) in [6, 6.07) is 9.19. The maximum absolute atomic E-state index is 11.9. The SMILES string of the molecule is CCN1C(=O)C(=O)N(CC(=O)NCCCSc2ccccc2)C1=O. The molecule has 0 atom stereocenters. The maximum Gasteiger partial charge on any atom is 0.334 e. The normalized spacial score (nSPS) is 14.5. The van der Waals surface area contributed by atoms with Crippen LogP contribution in [-0.2, 0) is 14.4 Å². The minimum atomic E-state index is -0.948. The Balaban J connectivity index is 1.69. The lowest BCUT2D eigenvalue weighted by molar-refractivity contribution is -0.143. The summed E-state index contributed by atoms with van der Waals surface area (Å²) in [7, 11) is 0. The smallest absolute Gasteiger partial charge is 0.334 e. The molecule has 0 aromatic heterocycles. The van der Waals surface area contributed by atoms with Gasteiger partial charge in [0.2, 0.25) is 5.91 Å². The fourth-order valence-corrected chi connectivity index (χ4v) is 3.05. The molecular weight excluding hydrogens is 330 g/mol. The molecule has 0 bridgehead atoms. The van der Waals surface area contributed by atoms with Crippen molar-refractivity contribution in [2.24, 2.45) is 0 Å². The van der Waals surface area contributed by atoms with E-state index in [1.165, 1.54) is 0 Å². The van der Waals surface area contributed by atoms with Gasteiger partial charge in [-0.2, -0.15) is 0 Å². The predicted molar refractivity (Wildman–Crippen MR) is 89.3 cm³/mol. The maximum atomic E-state index is 11.9. The van der Waals surface area contributed by atoms with E-state index in [-0.39, 0.29) is 6.54 Å². The molecule has 5 amide bonds. The number of hydrogen-bond donors (Lipinski definition) is 1. The molecule has 0 radical (unpaired) electrons. The van der Waals surface area contributed by atoms with Gasteiger partial charge in [-0.1, -0.05) is 18.2 Å². The number of nitrogens with one attached hydrogen (secondary N) is 1. The number of nitrogens with zero attached hydrogens (tertiary/aromatic N) is 2. The Morgan fingerprint density at radius 1 is 1.08 bits per heavy atom. The molecule has 8 heteroatoms. The molecule has 1 fully saturated rings. The molecule has 0 spiro atoms. The Kier molecular flexibility index (Phi) is 6.36. The van der Waals surface area contributed by atoms with E-state index < -0.39 is 30.3 Å². The molecule has 0 saturated carbocycles. The summed E-state index contributed by atoms with van der Waals surface area (Å²) in [5.41, 5.74) is 0. The molecule has 128 valence electrons. The molecule has 2 rings (SSSR count). The zero-order valence-corrected chi connectivity index (χ0v) is 14.2. The van der Waals surface area contributed by atoms with E-state index in [2.05, 4.69) is 5.32 Å². The third-order valence-corrected chi connectivity index (χ3v) is 4.51. The van der Waals surface area contributed by atoms with Crippen molar-refractivity contribution in [2.75, 3.05) is 25.4 Å². The van der Waals surface area contributed by atoms with E-state index in [0.717, 1.165) is 22.0 Å². The van der Waals surface area contributed by atoms with Gasteiger partial charge in [0, 0.05) is 18.0 Å². The summed E-state index contributed by atoms with van der Waals surface area (Å²) in [6.07, 6.45) is 0.757. The second kappa shape index (κ2) is 8.49. The van der Waals surface area contributed by atoms with E-state index >= 15 is 0 Å². The zero-order chi connectivity index (χ0) is 17.5. The first kappa shape index (κ1) is 18.0. The lowest BCUT2D eigenvalue weighted by Crippen LogP contribution is -2.41. The Labute approximate surface area is 144 Å². The average molecular weight is 349 g/mol. The van der Waals surface area contributed by atoms with Gasteiger partial charge in [0.25, 0.3) is 0 Å². The van der Waals surface area contributed by atoms with Crippen LogP contribution < -0.4 is 5.32 Å². The average Bonchev–Trinajstić information content (AvgIpc) is 2.78. The number of hydrogen-bond acceptors (Lipinski definition) is 5. The topological polar surface area (TPSA) is 86.8 Å². The summed E-state index contributed by atoms with van der Waals surface area (Å²) >= 11 is 1.69. The number of carbonyl (C=O) groups excluding carboxylic acids is 4. The number of likely N-dealkylation sites (N-methyl/N-ethyl adjacent to an activating group) is 1. The second-order valence-electron chi connectivity index (χ2n) is 5.09. The summed E-state index contributed by atoms with van der Waals surface area (Å²) in [5.74, 6) is -1.44. The molecular formula is C16H19N3O4S. The highest BCUT2D eigenvalue weighted by Crippen LogP contribution is 2.17. The van der Waals surface area contributed by atoms with Crippen molar-refractivity contribution in [3.8, 4) is 0 Å². The highest BCUT2D eigenvalue weighted by Gasteiger charge is 2.44. The van der Waals surface area contributed by atoms with Crippen molar-refractivity contribution in [1.29, 1.82) is 0 Å². The first-order valence-corrected chi connectivity index (χ1v) is 8.65. The van der Waals surface area contributed by atoms with E-state index in [1.54, 1.807) is 18.7 Å². The molecule has 1 heterocycles. The van der Waals surface area contributed by atoms with Crippen LogP contribution in [0.3, 0.4) is 0 Å². The number of benzene rings is 1. The summed E-state index contributed by atoms with van der Waals surface area (Å²) < 4.78 is 0. The van der Waals surface area contributed by atoms with Gasteiger partial charge in [-0.15, -0.1) is 11.8 Å². The van der Waals surface area contributed by atoms with Crippen molar-refractivity contribution in [3.05, 3.63) is 30.3 Å². The van der Waals surface area contributed by atoms with Crippen LogP contribution in [0.1, 0.15) is 13.3 Å². The number of amides is 5. The van der Waals surface area contributed by atoms with Gasteiger partial charge >= 0.3 is 17.8 Å². The molecule has 0 aliphatic carbocycles. The molecule has 1 aliphatic heterocycles. The largest absolute Gasteiger partial charge is 0.355 e. The molecule has 0 unspecified atom stereocenters. The van der Waals surface area contributed by atoms with Crippen molar-refractivity contribution in [1.82, 2.24) is 15.1 Å². The fraction of sp³-hybridized carbons (Fsp3) is 0.375. The Hall–Kier alpha value is -2.35. The molecule has 7 nitrogen and oxygen atoms in total. The van der Waals surface area contributed by atoms with Gasteiger partial charge in [0.15, 0.2) is 0 Å². The van der Waals surface area contributed by atoms with E-state index in [1.807, 2.05) is 30.3 Å². The first-order valence-electron chi connectivity index (χ1n) is 7.66. The van der Waals surface area contributed by atoms with Gasteiger partial charge in [-0.25, -0.2) is 9.69 Å². The first-order chi connectivity index (χ1) is 11.5. The number of thioether (sulfide) groups is 1. The van der Waals surface area contributed by atoms with E-state index in [0.29, 0.717) is 11.4 Å². The molecule has 1 aromatic carbocycles. The van der Waals surface area contributed by atoms with Gasteiger partial charge in [-0.3, -0.25) is 19.3 Å². The van der Waals surface area contributed by atoms with Gasteiger partial charge in [-0.05, 0) is 31.2 Å². The summed E-state index contributed by atoms with van der Waals surface area (Å²) in [6.45, 7) is 1.72. The number of carbonyl (C=O) groups is 4. The number of urea groups is 1. The zero-order valence-electron chi connectivity index (χ0n) is 13.4. The second-order valence-corrected chi connectivity index (χ2v) is 6.26. The monoisotopic (exact) mass is 349 g/mol. The fourth-order valence-electron chi connectivity index (χ4n) is 2.17. The van der Waals surface area contributed by atoms with Crippen LogP contribution in [0, 0.1) is 0 Å². The third-order valence-electron chi connectivity index (χ3n) is 3.41. The number of rotatable bonds is 8. The minimum absolute atomic E-state index is 0.109. The van der Waals surface area contributed by atoms with Crippen molar-refractivity contribution < 1.29 is 19.2 Å². The van der Waals surface area contributed by atoms with Gasteiger partial charge in [0.1, 0.15) is 6.54 Å². The standard InChI is InChI=1S/C16H19N3O4S/c1-2-18-14(21)15(22)19(16(18)23)11-13(20)17-9-6-10-24-12-7-4-3-5-8-12/h3-5,7-8H,2,6,9-11H2,1H3,(H,17,20). The third kappa shape index (κ3) is 4.35. The van der Waals surface area contributed by atoms with Crippen LogP contribution >= 0.6 is 11.8 Å². The van der Waals surface area contributed by atoms with Crippen molar-refractivity contribution in [2.45, 2.75) is 18.2 Å². The van der Waals surface area contributed by atoms with Gasteiger partial charge < -0.3 is 5.32 Å². The molecule has 1 aromatic rings. The van der Waals surface area contributed by atoms with Crippen molar-refractivity contribution in [3.63, 3.8) is 0 Å². The predicted octanol–water partition coefficient (Wildman–Crippen LogP) is 1.10. The van der Waals surface area contributed by atoms with Gasteiger partial charge in [0.05, 0.1) is 0 Å². The lowest BCUT2D eigenvalue weighted by Gasteiger charge is -2.13. The molecule has 1 N–H and O–H groups in total. The van der Waals surface area contributed by atoms with Crippen molar-refractivity contribution >= 4 is 35.5 Å². The Morgan fingerprint density at radius 3 is 2.38 bits per heavy atom. The molecule has 1 aliphatic rings. The molecule has 24 heavy (non-hydrogen) atoms. The Bertz CT molecular complexity index is 635. The van der Waals surface area contributed by atoms with E-state index in [4.69, 9.17) is 0 Å². The van der Waals surface area contributed by atoms with Crippen LogP contribution in [-0.4, -0.2) is 58.9 Å². The van der Waals surface area contributed by atoms with E-state index in [9.17, 15) is 19.2 Å². The molecule has 1 saturated heterocycles. The van der Waals surface area contributed by atoms with Crippen LogP contribution in [0.5, 0.6) is 0 Å². The summed E-state index contributed by atoms with van der Waals surface area (Å²) in [5, 5.41) is 2.66. The summed E-state index contributed by atoms with van der Waals surface area (Å²) in [4.78, 5) is 49.6. The number of imide groups is 2. The Morgan fingerprint density at radius 2 is 1.75 bits per heavy atom. The highest BCUT2D eigenvalue weighted by molar-refractivity contribution is 7.99. The quantitative estimate of drug-likeness (QED) is 0.329.